The van der Waals surface area contributed by atoms with Crippen molar-refractivity contribution in [2.75, 3.05) is 12.4 Å². The normalized spacial score (nSPS) is 10.8. The van der Waals surface area contributed by atoms with Crippen LogP contribution in [0.25, 0.3) is 22.5 Å². The molecule has 0 saturated carbocycles. The Labute approximate surface area is 181 Å². The van der Waals surface area contributed by atoms with E-state index in [4.69, 9.17) is 14.9 Å². The second-order valence-corrected chi connectivity index (χ2v) is 7.55. The van der Waals surface area contributed by atoms with Crippen molar-refractivity contribution in [2.45, 2.75) is 6.92 Å². The number of thiazole rings is 1. The molecule has 4 rings (SSSR count). The second kappa shape index (κ2) is 8.07. The van der Waals surface area contributed by atoms with Crippen LogP contribution in [-0.4, -0.2) is 33.7 Å². The van der Waals surface area contributed by atoms with Crippen molar-refractivity contribution >= 4 is 28.3 Å². The first-order valence-electron chi connectivity index (χ1n) is 9.21. The molecule has 0 bridgehead atoms. The van der Waals surface area contributed by atoms with Gasteiger partial charge < -0.3 is 14.9 Å². The zero-order valence-electron chi connectivity index (χ0n) is 17.0. The quantitative estimate of drug-likeness (QED) is 0.476. The van der Waals surface area contributed by atoms with Gasteiger partial charge in [-0.3, -0.25) is 19.6 Å². The van der Waals surface area contributed by atoms with Gasteiger partial charge in [0.1, 0.15) is 11.5 Å². The molecule has 0 atom stereocenters. The van der Waals surface area contributed by atoms with E-state index >= 15 is 0 Å². The molecule has 158 valence electrons. The number of nitrogens with one attached hydrogen (secondary N) is 1. The van der Waals surface area contributed by atoms with Gasteiger partial charge >= 0.3 is 0 Å². The Kier molecular flexibility index (Phi) is 5.30. The number of hydrogen-bond donors (Lipinski definition) is 2. The third kappa shape index (κ3) is 3.92. The molecule has 10 heteroatoms. The van der Waals surface area contributed by atoms with Gasteiger partial charge in [0.15, 0.2) is 10.9 Å². The van der Waals surface area contributed by atoms with Gasteiger partial charge in [0.05, 0.1) is 18.5 Å². The maximum absolute atomic E-state index is 12.8. The standard InChI is InChI=1S/C21H19N5O4S/c1-11-13(9-18(30-11)19(22)27)15-10-31-21(24-15)25-20(28)12-4-5-17(29-3)14(8-12)16-6-7-23-26(16)2/h4-10H,1-3H3,(H2,22,27)(H,24,25,28). The van der Waals surface area contributed by atoms with Crippen molar-refractivity contribution < 1.29 is 18.7 Å². The lowest BCUT2D eigenvalue weighted by molar-refractivity contribution is 0.0971. The highest BCUT2D eigenvalue weighted by atomic mass is 32.1. The van der Waals surface area contributed by atoms with Crippen LogP contribution in [0, 0.1) is 6.92 Å². The number of methoxy groups -OCH3 is 1. The summed E-state index contributed by atoms with van der Waals surface area (Å²) in [6, 6.07) is 8.56. The van der Waals surface area contributed by atoms with Crippen LogP contribution >= 0.6 is 11.3 Å². The van der Waals surface area contributed by atoms with Gasteiger partial charge in [0.2, 0.25) is 0 Å². The molecular weight excluding hydrogens is 418 g/mol. The number of furan rings is 1. The summed E-state index contributed by atoms with van der Waals surface area (Å²) in [4.78, 5) is 28.6. The summed E-state index contributed by atoms with van der Waals surface area (Å²) in [5.41, 5.74) is 8.52. The number of nitrogens with two attached hydrogens (primary N) is 1. The molecule has 0 spiro atoms. The molecule has 3 heterocycles. The highest BCUT2D eigenvalue weighted by Crippen LogP contribution is 2.32. The molecule has 0 saturated heterocycles. The van der Waals surface area contributed by atoms with E-state index in [0.717, 1.165) is 11.3 Å². The molecule has 0 unspecified atom stereocenters. The van der Waals surface area contributed by atoms with Gasteiger partial charge in [-0.25, -0.2) is 4.98 Å². The van der Waals surface area contributed by atoms with E-state index in [2.05, 4.69) is 15.4 Å². The molecule has 3 aromatic heterocycles. The van der Waals surface area contributed by atoms with E-state index in [0.29, 0.717) is 33.5 Å². The number of carbonyl (C=O) groups excluding carboxylic acids is 2. The van der Waals surface area contributed by atoms with Crippen LogP contribution in [0.4, 0.5) is 5.13 Å². The van der Waals surface area contributed by atoms with Crippen LogP contribution in [0.1, 0.15) is 26.7 Å². The number of primary amides is 1. The molecule has 1 aromatic carbocycles. The number of carbonyl (C=O) groups is 2. The minimum atomic E-state index is -0.651. The van der Waals surface area contributed by atoms with Gasteiger partial charge in [-0.1, -0.05) is 0 Å². The molecule has 2 amide bonds. The van der Waals surface area contributed by atoms with E-state index in [1.54, 1.807) is 54.6 Å². The van der Waals surface area contributed by atoms with Gasteiger partial charge in [-0.2, -0.15) is 5.10 Å². The SMILES string of the molecule is COc1ccc(C(=O)Nc2nc(-c3cc(C(N)=O)oc3C)cs2)cc1-c1ccnn1C. The van der Waals surface area contributed by atoms with Crippen LogP contribution in [0.3, 0.4) is 0 Å². The van der Waals surface area contributed by atoms with Crippen LogP contribution in [0.5, 0.6) is 5.75 Å². The third-order valence-electron chi connectivity index (χ3n) is 4.72. The molecule has 0 radical (unpaired) electrons. The molecule has 31 heavy (non-hydrogen) atoms. The van der Waals surface area contributed by atoms with Gasteiger partial charge in [-0.05, 0) is 37.3 Å². The van der Waals surface area contributed by atoms with Crippen molar-refractivity contribution in [1.29, 1.82) is 0 Å². The second-order valence-electron chi connectivity index (χ2n) is 6.69. The summed E-state index contributed by atoms with van der Waals surface area (Å²) in [7, 11) is 3.40. The summed E-state index contributed by atoms with van der Waals surface area (Å²) in [5, 5.41) is 9.17. The predicted octanol–water partition coefficient (Wildman–Crippen LogP) is 3.47. The van der Waals surface area contributed by atoms with Gasteiger partial charge in [0, 0.05) is 35.3 Å². The Balaban J connectivity index is 1.58. The molecule has 9 nitrogen and oxygen atoms in total. The molecule has 3 N–H and O–H groups in total. The number of hydrogen-bond acceptors (Lipinski definition) is 7. The first kappa shape index (κ1) is 20.4. The number of rotatable bonds is 6. The van der Waals surface area contributed by atoms with E-state index < -0.39 is 5.91 Å². The summed E-state index contributed by atoms with van der Waals surface area (Å²) < 4.78 is 12.5. The van der Waals surface area contributed by atoms with Crippen LogP contribution in [0.2, 0.25) is 0 Å². The predicted molar refractivity (Wildman–Crippen MR) is 116 cm³/mol. The number of anilines is 1. The zero-order valence-corrected chi connectivity index (χ0v) is 17.8. The number of amides is 2. The lowest BCUT2D eigenvalue weighted by atomic mass is 10.1. The monoisotopic (exact) mass is 437 g/mol. The molecule has 0 aliphatic carbocycles. The van der Waals surface area contributed by atoms with E-state index in [1.807, 2.05) is 13.1 Å². The Morgan fingerprint density at radius 1 is 1.23 bits per heavy atom. The van der Waals surface area contributed by atoms with E-state index in [-0.39, 0.29) is 11.7 Å². The largest absolute Gasteiger partial charge is 0.496 e. The Hall–Kier alpha value is -3.92. The van der Waals surface area contributed by atoms with E-state index in [9.17, 15) is 9.59 Å². The number of benzene rings is 1. The smallest absolute Gasteiger partial charge is 0.284 e. The van der Waals surface area contributed by atoms with Crippen molar-refractivity contribution in [2.24, 2.45) is 12.8 Å². The van der Waals surface area contributed by atoms with Crippen LogP contribution < -0.4 is 15.8 Å². The lowest BCUT2D eigenvalue weighted by Gasteiger charge is -2.11. The summed E-state index contributed by atoms with van der Waals surface area (Å²) in [6.07, 6.45) is 1.68. The molecular formula is C21H19N5O4S. The maximum atomic E-state index is 12.8. The zero-order chi connectivity index (χ0) is 22.1. The fourth-order valence-electron chi connectivity index (χ4n) is 3.17. The van der Waals surface area contributed by atoms with Crippen molar-refractivity contribution in [3.05, 3.63) is 59.0 Å². The Bertz CT molecular complexity index is 1290. The summed E-state index contributed by atoms with van der Waals surface area (Å²) in [6.45, 7) is 1.72. The van der Waals surface area contributed by atoms with Crippen molar-refractivity contribution in [1.82, 2.24) is 14.8 Å². The van der Waals surface area contributed by atoms with Gasteiger partial charge in [-0.15, -0.1) is 11.3 Å². The number of ether oxygens (including phenoxy) is 1. The summed E-state index contributed by atoms with van der Waals surface area (Å²) >= 11 is 1.27. The minimum Gasteiger partial charge on any atom is -0.496 e. The van der Waals surface area contributed by atoms with Crippen molar-refractivity contribution in [3.8, 4) is 28.3 Å². The average molecular weight is 437 g/mol. The average Bonchev–Trinajstić information content (AvgIpc) is 3.47. The molecule has 0 aliphatic rings. The van der Waals surface area contributed by atoms with Crippen molar-refractivity contribution in [3.63, 3.8) is 0 Å². The van der Waals surface area contributed by atoms with E-state index in [1.165, 1.54) is 11.3 Å². The minimum absolute atomic E-state index is 0.0620. The van der Waals surface area contributed by atoms with Crippen LogP contribution in [0.15, 0.2) is 46.3 Å². The fourth-order valence-corrected chi connectivity index (χ4v) is 3.88. The fraction of sp³-hybridized carbons (Fsp3) is 0.143. The Morgan fingerprint density at radius 3 is 2.68 bits per heavy atom. The first-order chi connectivity index (χ1) is 14.9. The number of aromatic nitrogens is 3. The molecule has 0 aliphatic heterocycles. The highest BCUT2D eigenvalue weighted by molar-refractivity contribution is 7.14. The lowest BCUT2D eigenvalue weighted by Crippen LogP contribution is -2.12. The summed E-state index contributed by atoms with van der Waals surface area (Å²) in [5.74, 6) is 0.257. The third-order valence-corrected chi connectivity index (χ3v) is 5.48. The first-order valence-corrected chi connectivity index (χ1v) is 10.1. The van der Waals surface area contributed by atoms with Gasteiger partial charge in [0.25, 0.3) is 11.8 Å². The maximum Gasteiger partial charge on any atom is 0.284 e. The Morgan fingerprint density at radius 2 is 2.03 bits per heavy atom. The highest BCUT2D eigenvalue weighted by Gasteiger charge is 2.18. The molecule has 4 aromatic rings. The molecule has 0 fully saturated rings. The van der Waals surface area contributed by atoms with Crippen LogP contribution in [-0.2, 0) is 7.05 Å². The number of nitrogens with zero attached hydrogens (tertiary/aromatic N) is 3. The number of aryl methyl sites for hydroxylation is 2. The topological polar surface area (TPSA) is 125 Å².